The van der Waals surface area contributed by atoms with Gasteiger partial charge in [0.25, 0.3) is 0 Å². The molecular formula is C17H17ClO3. The van der Waals surface area contributed by atoms with E-state index in [4.69, 9.17) is 21.1 Å². The largest absolute Gasteiger partial charge is 0.489 e. The maximum Gasteiger partial charge on any atom is 0.302 e. The molecule has 4 heteroatoms. The normalized spacial score (nSPS) is 10.2. The second-order valence-electron chi connectivity index (χ2n) is 4.66. The van der Waals surface area contributed by atoms with Crippen LogP contribution in [0.1, 0.15) is 18.1 Å². The third-order valence-electron chi connectivity index (χ3n) is 2.88. The van der Waals surface area contributed by atoms with Crippen molar-refractivity contribution < 1.29 is 14.3 Å². The Balaban J connectivity index is 1.96. The van der Waals surface area contributed by atoms with Gasteiger partial charge in [0.1, 0.15) is 12.4 Å². The van der Waals surface area contributed by atoms with Crippen LogP contribution < -0.4 is 4.74 Å². The molecule has 0 N–H and O–H groups in total. The van der Waals surface area contributed by atoms with E-state index in [-0.39, 0.29) is 5.97 Å². The Morgan fingerprint density at radius 2 is 1.86 bits per heavy atom. The number of rotatable bonds is 6. The van der Waals surface area contributed by atoms with E-state index in [2.05, 4.69) is 0 Å². The molecule has 0 bridgehead atoms. The van der Waals surface area contributed by atoms with Gasteiger partial charge in [-0.2, -0.15) is 0 Å². The predicted octanol–water partition coefficient (Wildman–Crippen LogP) is 4.02. The number of carbonyl (C=O) groups excluding carboxylic acids is 1. The van der Waals surface area contributed by atoms with Gasteiger partial charge in [0.05, 0.1) is 6.61 Å². The number of halogens is 1. The Kier molecular flexibility index (Phi) is 5.64. The van der Waals surface area contributed by atoms with Crippen molar-refractivity contribution in [1.29, 1.82) is 0 Å². The molecule has 2 aromatic carbocycles. The number of benzene rings is 2. The summed E-state index contributed by atoms with van der Waals surface area (Å²) in [6.45, 7) is 2.23. The third-order valence-corrected chi connectivity index (χ3v) is 3.09. The Morgan fingerprint density at radius 1 is 1.10 bits per heavy atom. The molecule has 2 aromatic rings. The molecule has 0 aliphatic carbocycles. The van der Waals surface area contributed by atoms with Crippen LogP contribution in [-0.2, 0) is 22.6 Å². The minimum atomic E-state index is -0.280. The fourth-order valence-electron chi connectivity index (χ4n) is 1.90. The van der Waals surface area contributed by atoms with E-state index in [1.165, 1.54) is 6.92 Å². The molecule has 3 nitrogen and oxygen atoms in total. The summed E-state index contributed by atoms with van der Waals surface area (Å²) in [7, 11) is 0. The zero-order valence-corrected chi connectivity index (χ0v) is 12.6. The highest BCUT2D eigenvalue weighted by Gasteiger charge is 2.03. The molecule has 0 aromatic heterocycles. The Hall–Kier alpha value is -2.00. The summed E-state index contributed by atoms with van der Waals surface area (Å²) in [5.74, 6) is 0.432. The van der Waals surface area contributed by atoms with E-state index in [1.807, 2.05) is 42.5 Å². The Morgan fingerprint density at radius 3 is 2.57 bits per heavy atom. The molecule has 0 atom stereocenters. The van der Waals surface area contributed by atoms with Gasteiger partial charge in [-0.15, -0.1) is 0 Å². The summed E-state index contributed by atoms with van der Waals surface area (Å²) in [6, 6.07) is 15.5. The van der Waals surface area contributed by atoms with Crippen molar-refractivity contribution in [2.75, 3.05) is 6.61 Å². The zero-order chi connectivity index (χ0) is 15.1. The number of esters is 1. The molecule has 21 heavy (non-hydrogen) atoms. The van der Waals surface area contributed by atoms with Crippen molar-refractivity contribution in [3.8, 4) is 5.75 Å². The van der Waals surface area contributed by atoms with Crippen molar-refractivity contribution in [3.05, 3.63) is 64.7 Å². The summed E-state index contributed by atoms with van der Waals surface area (Å²) in [6.07, 6.45) is 0.613. The minimum absolute atomic E-state index is 0.280. The molecule has 0 fully saturated rings. The summed E-state index contributed by atoms with van der Waals surface area (Å²) in [4.78, 5) is 10.8. The van der Waals surface area contributed by atoms with E-state index < -0.39 is 0 Å². The lowest BCUT2D eigenvalue weighted by Crippen LogP contribution is -2.03. The van der Waals surface area contributed by atoms with Crippen LogP contribution in [0, 0.1) is 0 Å². The first-order valence-electron chi connectivity index (χ1n) is 6.73. The Bertz CT molecular complexity index is 596. The van der Waals surface area contributed by atoms with Crippen molar-refractivity contribution in [2.45, 2.75) is 20.0 Å². The topological polar surface area (TPSA) is 35.5 Å². The lowest BCUT2D eigenvalue weighted by atomic mass is 10.1. The number of carbonyl (C=O) groups is 1. The van der Waals surface area contributed by atoms with Crippen LogP contribution in [0.5, 0.6) is 5.75 Å². The highest BCUT2D eigenvalue weighted by atomic mass is 35.5. The fraction of sp³-hybridized carbons (Fsp3) is 0.235. The molecule has 0 aliphatic heterocycles. The number of ether oxygens (including phenoxy) is 2. The molecule has 0 amide bonds. The monoisotopic (exact) mass is 304 g/mol. The van der Waals surface area contributed by atoms with E-state index in [0.29, 0.717) is 30.4 Å². The zero-order valence-electron chi connectivity index (χ0n) is 11.8. The van der Waals surface area contributed by atoms with Gasteiger partial charge >= 0.3 is 5.97 Å². The van der Waals surface area contributed by atoms with Gasteiger partial charge in [0.2, 0.25) is 0 Å². The second kappa shape index (κ2) is 7.70. The molecule has 0 saturated carbocycles. The van der Waals surface area contributed by atoms with Gasteiger partial charge in [0, 0.05) is 18.4 Å². The van der Waals surface area contributed by atoms with Crippen molar-refractivity contribution >= 4 is 17.6 Å². The molecule has 0 spiro atoms. The van der Waals surface area contributed by atoms with Gasteiger partial charge in [0.15, 0.2) is 0 Å². The SMILES string of the molecule is CC(=O)OCCc1cc(Cl)cc(OCc2ccccc2)c1. The maximum atomic E-state index is 10.8. The second-order valence-corrected chi connectivity index (χ2v) is 5.10. The lowest BCUT2D eigenvalue weighted by molar-refractivity contribution is -0.140. The quantitative estimate of drug-likeness (QED) is 0.756. The molecule has 0 saturated heterocycles. The molecule has 110 valence electrons. The summed E-state index contributed by atoms with van der Waals surface area (Å²) < 4.78 is 10.7. The average Bonchev–Trinajstić information content (AvgIpc) is 2.45. The van der Waals surface area contributed by atoms with E-state index in [0.717, 1.165) is 11.1 Å². The summed E-state index contributed by atoms with van der Waals surface area (Å²) in [5.41, 5.74) is 2.07. The van der Waals surface area contributed by atoms with E-state index in [1.54, 1.807) is 6.07 Å². The molecular weight excluding hydrogens is 288 g/mol. The van der Waals surface area contributed by atoms with Crippen LogP contribution in [0.3, 0.4) is 0 Å². The fourth-order valence-corrected chi connectivity index (χ4v) is 2.15. The van der Waals surface area contributed by atoms with E-state index in [9.17, 15) is 4.79 Å². The summed E-state index contributed by atoms with van der Waals surface area (Å²) in [5, 5.41) is 0.610. The maximum absolute atomic E-state index is 10.8. The first-order chi connectivity index (χ1) is 10.1. The molecule has 2 rings (SSSR count). The minimum Gasteiger partial charge on any atom is -0.489 e. The average molecular weight is 305 g/mol. The van der Waals surface area contributed by atoms with Crippen LogP contribution >= 0.6 is 11.6 Å². The highest BCUT2D eigenvalue weighted by Crippen LogP contribution is 2.22. The van der Waals surface area contributed by atoms with Gasteiger partial charge in [-0.25, -0.2) is 0 Å². The molecule has 0 radical (unpaired) electrons. The lowest BCUT2D eigenvalue weighted by Gasteiger charge is -2.09. The first kappa shape index (κ1) is 15.4. The van der Waals surface area contributed by atoms with Crippen LogP contribution in [0.25, 0.3) is 0 Å². The Labute approximate surface area is 129 Å². The van der Waals surface area contributed by atoms with Crippen LogP contribution in [0.4, 0.5) is 0 Å². The van der Waals surface area contributed by atoms with Crippen LogP contribution in [-0.4, -0.2) is 12.6 Å². The van der Waals surface area contributed by atoms with Gasteiger partial charge in [-0.3, -0.25) is 4.79 Å². The van der Waals surface area contributed by atoms with Crippen molar-refractivity contribution in [3.63, 3.8) is 0 Å². The first-order valence-corrected chi connectivity index (χ1v) is 7.11. The molecule has 0 unspecified atom stereocenters. The van der Waals surface area contributed by atoms with Crippen molar-refractivity contribution in [1.82, 2.24) is 0 Å². The van der Waals surface area contributed by atoms with Gasteiger partial charge in [-0.1, -0.05) is 41.9 Å². The van der Waals surface area contributed by atoms with Gasteiger partial charge in [-0.05, 0) is 29.3 Å². The number of hydrogen-bond donors (Lipinski definition) is 0. The predicted molar refractivity (Wildman–Crippen MR) is 82.6 cm³/mol. The third kappa shape index (κ3) is 5.48. The molecule has 0 heterocycles. The molecule has 0 aliphatic rings. The van der Waals surface area contributed by atoms with Crippen LogP contribution in [0.2, 0.25) is 5.02 Å². The van der Waals surface area contributed by atoms with Crippen molar-refractivity contribution in [2.24, 2.45) is 0 Å². The van der Waals surface area contributed by atoms with E-state index >= 15 is 0 Å². The van der Waals surface area contributed by atoms with Gasteiger partial charge < -0.3 is 9.47 Å². The standard InChI is InChI=1S/C17H17ClO3/c1-13(19)20-8-7-15-9-16(18)11-17(10-15)21-12-14-5-3-2-4-6-14/h2-6,9-11H,7-8,12H2,1H3. The number of hydrogen-bond acceptors (Lipinski definition) is 3. The summed E-state index contributed by atoms with van der Waals surface area (Å²) >= 11 is 6.09. The highest BCUT2D eigenvalue weighted by molar-refractivity contribution is 6.30. The smallest absolute Gasteiger partial charge is 0.302 e. The van der Waals surface area contributed by atoms with Crippen LogP contribution in [0.15, 0.2) is 48.5 Å².